The molecule has 1 fully saturated rings. The Bertz CT molecular complexity index is 374. The highest BCUT2D eigenvalue weighted by molar-refractivity contribution is 6.32. The van der Waals surface area contributed by atoms with Crippen molar-refractivity contribution >= 4 is 23.2 Å². The van der Waals surface area contributed by atoms with E-state index in [4.69, 9.17) is 11.6 Å². The van der Waals surface area contributed by atoms with Gasteiger partial charge in [0.05, 0.1) is 5.02 Å². The largest absolute Gasteiger partial charge is 0.506 e. The summed E-state index contributed by atoms with van der Waals surface area (Å²) >= 11 is 5.63. The Morgan fingerprint density at radius 2 is 2.21 bits per heavy atom. The van der Waals surface area contributed by atoms with E-state index in [9.17, 15) is 9.90 Å². The third kappa shape index (κ3) is 1.99. The van der Waals surface area contributed by atoms with Crippen LogP contribution >= 0.6 is 11.6 Å². The minimum absolute atomic E-state index is 0.0136. The Kier molecular flexibility index (Phi) is 2.33. The van der Waals surface area contributed by atoms with Gasteiger partial charge in [0.25, 0.3) is 0 Å². The predicted molar refractivity (Wildman–Crippen MR) is 54.5 cm³/mol. The summed E-state index contributed by atoms with van der Waals surface area (Å²) < 4.78 is 0. The number of phenolic OH excluding ortho intramolecular Hbond substituents is 1. The van der Waals surface area contributed by atoms with Crippen LogP contribution in [0.3, 0.4) is 0 Å². The Labute approximate surface area is 86.7 Å². The molecule has 0 spiro atoms. The number of amides is 1. The zero-order chi connectivity index (χ0) is 10.1. The van der Waals surface area contributed by atoms with Gasteiger partial charge in [-0.2, -0.15) is 0 Å². The van der Waals surface area contributed by atoms with Crippen molar-refractivity contribution in [2.75, 3.05) is 5.32 Å². The lowest BCUT2D eigenvalue weighted by Gasteiger charge is -2.04. The summed E-state index contributed by atoms with van der Waals surface area (Å²) in [6, 6.07) is 4.67. The van der Waals surface area contributed by atoms with Crippen LogP contribution in [0, 0.1) is 5.92 Å². The Hall–Kier alpha value is -1.22. The number of phenols is 1. The molecule has 0 aliphatic heterocycles. The van der Waals surface area contributed by atoms with Crippen LogP contribution in [-0.4, -0.2) is 11.0 Å². The molecule has 0 heterocycles. The third-order valence-electron chi connectivity index (χ3n) is 2.16. The van der Waals surface area contributed by atoms with Crippen molar-refractivity contribution in [3.05, 3.63) is 23.2 Å². The van der Waals surface area contributed by atoms with Crippen LogP contribution in [0.25, 0.3) is 0 Å². The van der Waals surface area contributed by atoms with Crippen LogP contribution in [0.15, 0.2) is 18.2 Å². The first-order chi connectivity index (χ1) is 6.66. The molecule has 0 radical (unpaired) electrons. The number of anilines is 1. The number of carbonyl (C=O) groups is 1. The summed E-state index contributed by atoms with van der Waals surface area (Å²) in [4.78, 5) is 11.3. The van der Waals surface area contributed by atoms with Crippen molar-refractivity contribution in [1.82, 2.24) is 0 Å². The van der Waals surface area contributed by atoms with Gasteiger partial charge in [-0.15, -0.1) is 0 Å². The van der Waals surface area contributed by atoms with Gasteiger partial charge in [-0.3, -0.25) is 4.79 Å². The molecular weight excluding hydrogens is 202 g/mol. The van der Waals surface area contributed by atoms with Crippen molar-refractivity contribution in [3.63, 3.8) is 0 Å². The highest BCUT2D eigenvalue weighted by Crippen LogP contribution is 2.31. The molecule has 0 bridgehead atoms. The van der Waals surface area contributed by atoms with Gasteiger partial charge < -0.3 is 10.4 Å². The second-order valence-electron chi connectivity index (χ2n) is 3.43. The van der Waals surface area contributed by atoms with Gasteiger partial charge in [-0.1, -0.05) is 11.6 Å². The van der Waals surface area contributed by atoms with E-state index < -0.39 is 0 Å². The van der Waals surface area contributed by atoms with Crippen molar-refractivity contribution in [2.24, 2.45) is 5.92 Å². The first-order valence-corrected chi connectivity index (χ1v) is 4.84. The number of nitrogens with one attached hydrogen (secondary N) is 1. The molecular formula is C10H10ClNO2. The van der Waals surface area contributed by atoms with E-state index in [1.165, 1.54) is 6.07 Å². The molecule has 1 aliphatic rings. The first kappa shape index (κ1) is 9.34. The predicted octanol–water partition coefficient (Wildman–Crippen LogP) is 2.39. The fourth-order valence-electron chi connectivity index (χ4n) is 1.18. The minimum atomic E-state index is -0.0136. The second kappa shape index (κ2) is 3.50. The molecule has 1 aromatic rings. The number of halogens is 1. The fourth-order valence-corrected chi connectivity index (χ4v) is 1.30. The quantitative estimate of drug-likeness (QED) is 0.789. The Morgan fingerprint density at radius 1 is 1.50 bits per heavy atom. The summed E-state index contributed by atoms with van der Waals surface area (Å²) in [5, 5.41) is 12.3. The van der Waals surface area contributed by atoms with Crippen LogP contribution in [-0.2, 0) is 4.79 Å². The van der Waals surface area contributed by atoms with Crippen LogP contribution in [0.1, 0.15) is 12.8 Å². The van der Waals surface area contributed by atoms with E-state index in [-0.39, 0.29) is 22.6 Å². The van der Waals surface area contributed by atoms with Gasteiger partial charge in [-0.05, 0) is 25.0 Å². The lowest BCUT2D eigenvalue weighted by atomic mass is 10.3. The molecule has 1 aromatic carbocycles. The zero-order valence-electron chi connectivity index (χ0n) is 7.46. The van der Waals surface area contributed by atoms with Gasteiger partial charge in [0, 0.05) is 17.7 Å². The summed E-state index contributed by atoms with van der Waals surface area (Å²) in [5.74, 6) is 0.166. The molecule has 1 amide bonds. The lowest BCUT2D eigenvalue weighted by Crippen LogP contribution is -2.12. The van der Waals surface area contributed by atoms with Crippen LogP contribution in [0.2, 0.25) is 5.02 Å². The summed E-state index contributed by atoms with van der Waals surface area (Å²) in [7, 11) is 0. The molecule has 0 atom stereocenters. The lowest BCUT2D eigenvalue weighted by molar-refractivity contribution is -0.117. The zero-order valence-corrected chi connectivity index (χ0v) is 8.21. The Balaban J connectivity index is 2.08. The fraction of sp³-hybridized carbons (Fsp3) is 0.300. The van der Waals surface area contributed by atoms with Gasteiger partial charge in [0.15, 0.2) is 0 Å². The first-order valence-electron chi connectivity index (χ1n) is 4.46. The molecule has 0 saturated heterocycles. The van der Waals surface area contributed by atoms with Crippen LogP contribution < -0.4 is 5.32 Å². The molecule has 1 aliphatic carbocycles. The van der Waals surface area contributed by atoms with E-state index >= 15 is 0 Å². The second-order valence-corrected chi connectivity index (χ2v) is 3.84. The monoisotopic (exact) mass is 211 g/mol. The number of benzene rings is 1. The minimum Gasteiger partial charge on any atom is -0.506 e. The van der Waals surface area contributed by atoms with Crippen molar-refractivity contribution in [2.45, 2.75) is 12.8 Å². The standard InChI is InChI=1S/C10H10ClNO2/c11-8-4-3-7(5-9(8)13)12-10(14)6-1-2-6/h3-6,13H,1-2H2,(H,12,14). The average molecular weight is 212 g/mol. The van der Waals surface area contributed by atoms with Gasteiger partial charge in [0.2, 0.25) is 5.91 Å². The maximum Gasteiger partial charge on any atom is 0.227 e. The molecule has 0 unspecified atom stereocenters. The summed E-state index contributed by atoms with van der Waals surface area (Å²) in [6.45, 7) is 0. The number of hydrogen-bond donors (Lipinski definition) is 2. The highest BCUT2D eigenvalue weighted by Gasteiger charge is 2.29. The van der Waals surface area contributed by atoms with Crippen molar-refractivity contribution in [3.8, 4) is 5.75 Å². The Morgan fingerprint density at radius 3 is 2.79 bits per heavy atom. The normalized spacial score (nSPS) is 15.2. The number of aromatic hydroxyl groups is 1. The smallest absolute Gasteiger partial charge is 0.227 e. The molecule has 2 rings (SSSR count). The molecule has 3 nitrogen and oxygen atoms in total. The molecule has 74 valence electrons. The van der Waals surface area contributed by atoms with Crippen LogP contribution in [0.5, 0.6) is 5.75 Å². The topological polar surface area (TPSA) is 49.3 Å². The molecule has 1 saturated carbocycles. The van der Waals surface area contributed by atoms with Gasteiger partial charge in [-0.25, -0.2) is 0 Å². The summed E-state index contributed by atoms with van der Waals surface area (Å²) in [6.07, 6.45) is 1.93. The maximum absolute atomic E-state index is 11.3. The van der Waals surface area contributed by atoms with Crippen molar-refractivity contribution < 1.29 is 9.90 Å². The van der Waals surface area contributed by atoms with E-state index in [2.05, 4.69) is 5.32 Å². The van der Waals surface area contributed by atoms with Crippen molar-refractivity contribution in [1.29, 1.82) is 0 Å². The van der Waals surface area contributed by atoms with Gasteiger partial charge in [0.1, 0.15) is 5.75 Å². The molecule has 4 heteroatoms. The maximum atomic E-state index is 11.3. The van der Waals surface area contributed by atoms with E-state index in [0.29, 0.717) is 5.69 Å². The number of carbonyl (C=O) groups excluding carboxylic acids is 1. The third-order valence-corrected chi connectivity index (χ3v) is 2.48. The molecule has 2 N–H and O–H groups in total. The highest BCUT2D eigenvalue weighted by atomic mass is 35.5. The van der Waals surface area contributed by atoms with E-state index in [1.807, 2.05) is 0 Å². The summed E-state index contributed by atoms with van der Waals surface area (Å²) in [5.41, 5.74) is 0.587. The van der Waals surface area contributed by atoms with Crippen LogP contribution in [0.4, 0.5) is 5.69 Å². The SMILES string of the molecule is O=C(Nc1ccc(Cl)c(O)c1)C1CC1. The van der Waals surface area contributed by atoms with E-state index in [1.54, 1.807) is 12.1 Å². The average Bonchev–Trinajstić information content (AvgIpc) is 2.94. The molecule has 14 heavy (non-hydrogen) atoms. The van der Waals surface area contributed by atoms with E-state index in [0.717, 1.165) is 12.8 Å². The number of rotatable bonds is 2. The molecule has 0 aromatic heterocycles. The van der Waals surface area contributed by atoms with Gasteiger partial charge >= 0.3 is 0 Å². The number of hydrogen-bond acceptors (Lipinski definition) is 2.